The maximum atomic E-state index is 12.7. The zero-order valence-electron chi connectivity index (χ0n) is 13.2. The van der Waals surface area contributed by atoms with Crippen molar-refractivity contribution >= 4 is 5.91 Å². The maximum Gasteiger partial charge on any atom is 0.223 e. The van der Waals surface area contributed by atoms with Gasteiger partial charge in [0.05, 0.1) is 0 Å². The molecule has 3 aliphatic rings. The number of hydrogen-bond acceptors (Lipinski definition) is 3. The van der Waals surface area contributed by atoms with Crippen molar-refractivity contribution in [2.45, 2.75) is 57.8 Å². The van der Waals surface area contributed by atoms with Crippen molar-refractivity contribution in [3.8, 4) is 0 Å². The largest absolute Gasteiger partial charge is 0.381 e. The summed E-state index contributed by atoms with van der Waals surface area (Å²) in [6.07, 6.45) is 10.2. The van der Waals surface area contributed by atoms with Gasteiger partial charge in [-0.1, -0.05) is 19.3 Å². The Hall–Kier alpha value is -0.610. The summed E-state index contributed by atoms with van der Waals surface area (Å²) < 4.78 is 5.49. The summed E-state index contributed by atoms with van der Waals surface area (Å²) in [5.41, 5.74) is 6.49. The van der Waals surface area contributed by atoms with Crippen LogP contribution in [0.15, 0.2) is 0 Å². The molecule has 1 spiro atoms. The average molecular weight is 294 g/mol. The van der Waals surface area contributed by atoms with E-state index in [2.05, 4.69) is 4.90 Å². The highest BCUT2D eigenvalue weighted by Gasteiger charge is 2.42. The highest BCUT2D eigenvalue weighted by atomic mass is 16.5. The number of carbonyl (C=O) groups excluding carboxylic acids is 1. The lowest BCUT2D eigenvalue weighted by Gasteiger charge is -2.37. The molecular weight excluding hydrogens is 264 g/mol. The molecule has 2 aliphatic heterocycles. The third-order valence-corrected chi connectivity index (χ3v) is 6.22. The fourth-order valence-corrected chi connectivity index (χ4v) is 4.55. The molecule has 0 radical (unpaired) electrons. The molecule has 4 heteroatoms. The predicted octanol–water partition coefficient (Wildman–Crippen LogP) is 2.31. The molecule has 2 saturated heterocycles. The van der Waals surface area contributed by atoms with Crippen molar-refractivity contribution in [2.24, 2.45) is 16.6 Å². The lowest BCUT2D eigenvalue weighted by molar-refractivity contribution is -0.133. The highest BCUT2D eigenvalue weighted by molar-refractivity contribution is 5.77. The van der Waals surface area contributed by atoms with Gasteiger partial charge in [0.1, 0.15) is 0 Å². The van der Waals surface area contributed by atoms with Crippen LogP contribution in [0.1, 0.15) is 57.8 Å². The molecule has 1 aliphatic carbocycles. The number of ether oxygens (including phenoxy) is 1. The highest BCUT2D eigenvalue weighted by Crippen LogP contribution is 2.42. The molecule has 3 fully saturated rings. The zero-order chi connectivity index (χ0) is 14.8. The third kappa shape index (κ3) is 3.26. The minimum Gasteiger partial charge on any atom is -0.381 e. The molecule has 1 amide bonds. The smallest absolute Gasteiger partial charge is 0.223 e. The van der Waals surface area contributed by atoms with Gasteiger partial charge in [-0.15, -0.1) is 0 Å². The minimum absolute atomic E-state index is 0.0980. The van der Waals surface area contributed by atoms with Crippen LogP contribution in [0, 0.1) is 10.8 Å². The van der Waals surface area contributed by atoms with E-state index in [9.17, 15) is 4.79 Å². The van der Waals surface area contributed by atoms with Crippen LogP contribution in [0.25, 0.3) is 0 Å². The SMILES string of the molecule is NCC1(CC(=O)N2CCC3(CCOCC3)C2)CCCCC1. The van der Waals surface area contributed by atoms with Crippen LogP contribution in [0.4, 0.5) is 0 Å². The van der Waals surface area contributed by atoms with Gasteiger partial charge >= 0.3 is 0 Å². The zero-order valence-corrected chi connectivity index (χ0v) is 13.2. The van der Waals surface area contributed by atoms with E-state index >= 15 is 0 Å². The van der Waals surface area contributed by atoms with Gasteiger partial charge < -0.3 is 15.4 Å². The van der Waals surface area contributed by atoms with Gasteiger partial charge in [-0.2, -0.15) is 0 Å². The topological polar surface area (TPSA) is 55.6 Å². The summed E-state index contributed by atoms with van der Waals surface area (Å²) in [4.78, 5) is 14.9. The molecule has 0 unspecified atom stereocenters. The summed E-state index contributed by atoms with van der Waals surface area (Å²) in [7, 11) is 0. The molecule has 3 rings (SSSR count). The van der Waals surface area contributed by atoms with Crippen molar-refractivity contribution in [1.29, 1.82) is 0 Å². The second kappa shape index (κ2) is 6.25. The number of nitrogens with zero attached hydrogens (tertiary/aromatic N) is 1. The Bertz CT molecular complexity index is 371. The van der Waals surface area contributed by atoms with Crippen molar-refractivity contribution in [3.63, 3.8) is 0 Å². The third-order valence-electron chi connectivity index (χ3n) is 6.22. The predicted molar refractivity (Wildman–Crippen MR) is 82.9 cm³/mol. The molecule has 0 aromatic heterocycles. The average Bonchev–Trinajstić information content (AvgIpc) is 2.93. The number of nitrogens with two attached hydrogens (primary N) is 1. The quantitative estimate of drug-likeness (QED) is 0.869. The summed E-state index contributed by atoms with van der Waals surface area (Å²) in [6, 6.07) is 0. The molecular formula is C17H30N2O2. The van der Waals surface area contributed by atoms with E-state index in [1.807, 2.05) is 0 Å². The summed E-state index contributed by atoms with van der Waals surface area (Å²) in [6.45, 7) is 4.31. The van der Waals surface area contributed by atoms with E-state index in [0.717, 1.165) is 58.4 Å². The number of rotatable bonds is 3. The van der Waals surface area contributed by atoms with Crippen LogP contribution in [-0.2, 0) is 9.53 Å². The number of hydrogen-bond donors (Lipinski definition) is 1. The van der Waals surface area contributed by atoms with Gasteiger partial charge in [0.15, 0.2) is 0 Å². The second-order valence-electron chi connectivity index (χ2n) is 7.62. The normalized spacial score (nSPS) is 28.0. The fraction of sp³-hybridized carbons (Fsp3) is 0.941. The van der Waals surface area contributed by atoms with Crippen LogP contribution >= 0.6 is 0 Å². The van der Waals surface area contributed by atoms with Crippen LogP contribution in [0.3, 0.4) is 0 Å². The summed E-state index contributed by atoms with van der Waals surface area (Å²) in [5, 5.41) is 0. The molecule has 0 aromatic rings. The van der Waals surface area contributed by atoms with Crippen molar-refractivity contribution < 1.29 is 9.53 Å². The van der Waals surface area contributed by atoms with Crippen LogP contribution in [0.2, 0.25) is 0 Å². The lowest BCUT2D eigenvalue weighted by Crippen LogP contribution is -2.41. The Morgan fingerprint density at radius 3 is 2.43 bits per heavy atom. The van der Waals surface area contributed by atoms with Gasteiger partial charge in [-0.25, -0.2) is 0 Å². The number of amides is 1. The fourth-order valence-electron chi connectivity index (χ4n) is 4.55. The first-order chi connectivity index (χ1) is 10.2. The lowest BCUT2D eigenvalue weighted by atomic mass is 9.71. The minimum atomic E-state index is 0.0980. The first-order valence-electron chi connectivity index (χ1n) is 8.73. The van der Waals surface area contributed by atoms with E-state index < -0.39 is 0 Å². The first kappa shape index (κ1) is 15.3. The summed E-state index contributed by atoms with van der Waals surface area (Å²) >= 11 is 0. The number of carbonyl (C=O) groups is 1. The van der Waals surface area contributed by atoms with Crippen molar-refractivity contribution in [3.05, 3.63) is 0 Å². The molecule has 0 bridgehead atoms. The Kier molecular flexibility index (Phi) is 4.55. The van der Waals surface area contributed by atoms with Crippen LogP contribution in [0.5, 0.6) is 0 Å². The van der Waals surface area contributed by atoms with Gasteiger partial charge in [-0.3, -0.25) is 4.79 Å². The van der Waals surface area contributed by atoms with Crippen LogP contribution in [-0.4, -0.2) is 43.7 Å². The van der Waals surface area contributed by atoms with E-state index in [-0.39, 0.29) is 5.41 Å². The molecule has 1 saturated carbocycles. The van der Waals surface area contributed by atoms with Gasteiger partial charge in [0.2, 0.25) is 5.91 Å². The van der Waals surface area contributed by atoms with Gasteiger partial charge in [0.25, 0.3) is 0 Å². The van der Waals surface area contributed by atoms with E-state index in [4.69, 9.17) is 10.5 Å². The molecule has 4 nitrogen and oxygen atoms in total. The Labute approximate surface area is 128 Å². The standard InChI is InChI=1S/C17H30N2O2/c18-13-17(4-2-1-3-5-17)12-15(20)19-9-6-16(14-19)7-10-21-11-8-16/h1-14,18H2. The molecule has 0 atom stereocenters. The van der Waals surface area contributed by atoms with E-state index in [1.54, 1.807) is 0 Å². The monoisotopic (exact) mass is 294 g/mol. The van der Waals surface area contributed by atoms with E-state index in [0.29, 0.717) is 24.3 Å². The molecule has 2 heterocycles. The molecule has 2 N–H and O–H groups in total. The summed E-state index contributed by atoms with van der Waals surface area (Å²) in [5.74, 6) is 0.353. The van der Waals surface area contributed by atoms with Crippen molar-refractivity contribution in [1.82, 2.24) is 4.90 Å². The Morgan fingerprint density at radius 1 is 1.05 bits per heavy atom. The maximum absolute atomic E-state index is 12.7. The molecule has 0 aromatic carbocycles. The van der Waals surface area contributed by atoms with E-state index in [1.165, 1.54) is 19.3 Å². The molecule has 120 valence electrons. The van der Waals surface area contributed by atoms with Crippen LogP contribution < -0.4 is 5.73 Å². The Morgan fingerprint density at radius 2 is 1.76 bits per heavy atom. The van der Waals surface area contributed by atoms with Crippen molar-refractivity contribution in [2.75, 3.05) is 32.8 Å². The Balaban J connectivity index is 1.58. The van der Waals surface area contributed by atoms with Gasteiger partial charge in [-0.05, 0) is 49.5 Å². The first-order valence-corrected chi connectivity index (χ1v) is 8.73. The number of likely N-dealkylation sites (tertiary alicyclic amines) is 1. The second-order valence-corrected chi connectivity index (χ2v) is 7.62. The van der Waals surface area contributed by atoms with Gasteiger partial charge in [0, 0.05) is 32.7 Å². The molecule has 21 heavy (non-hydrogen) atoms.